The molecule has 0 aliphatic carbocycles. The van der Waals surface area contributed by atoms with Gasteiger partial charge in [-0.2, -0.15) is 0 Å². The molecule has 0 N–H and O–H groups in total. The molecule has 1 unspecified atom stereocenters. The molecule has 0 aliphatic heterocycles. The van der Waals surface area contributed by atoms with Gasteiger partial charge in [0, 0.05) is 22.1 Å². The third-order valence-electron chi connectivity index (χ3n) is 4.08. The molecule has 2 heteroatoms. The largest absolute Gasteiger partial charge is 0.289 e. The SMILES string of the molecule is CC(c1ccccc1)c1ccc(C(=O)c2ccc(Cl)cc2)cc1. The van der Waals surface area contributed by atoms with Gasteiger partial charge in [0.15, 0.2) is 5.78 Å². The van der Waals surface area contributed by atoms with Crippen LogP contribution in [0, 0.1) is 0 Å². The van der Waals surface area contributed by atoms with Gasteiger partial charge in [-0.25, -0.2) is 0 Å². The highest BCUT2D eigenvalue weighted by Crippen LogP contribution is 2.24. The molecule has 3 rings (SSSR count). The molecular weight excluding hydrogens is 304 g/mol. The molecule has 0 spiro atoms. The van der Waals surface area contributed by atoms with Crippen molar-refractivity contribution in [3.8, 4) is 0 Å². The first kappa shape index (κ1) is 15.5. The van der Waals surface area contributed by atoms with E-state index < -0.39 is 0 Å². The minimum atomic E-state index is 0.0144. The van der Waals surface area contributed by atoms with Crippen LogP contribution in [0.3, 0.4) is 0 Å². The monoisotopic (exact) mass is 320 g/mol. The van der Waals surface area contributed by atoms with E-state index in [4.69, 9.17) is 11.6 Å². The van der Waals surface area contributed by atoms with Crippen LogP contribution in [0.4, 0.5) is 0 Å². The van der Waals surface area contributed by atoms with E-state index in [0.717, 1.165) is 0 Å². The van der Waals surface area contributed by atoms with Gasteiger partial charge >= 0.3 is 0 Å². The molecule has 114 valence electrons. The maximum atomic E-state index is 12.5. The van der Waals surface area contributed by atoms with E-state index >= 15 is 0 Å². The van der Waals surface area contributed by atoms with E-state index in [1.54, 1.807) is 24.3 Å². The summed E-state index contributed by atoms with van der Waals surface area (Å²) in [5.74, 6) is 0.316. The zero-order chi connectivity index (χ0) is 16.2. The standard InChI is InChI=1S/C21H17ClO/c1-15(16-5-3-2-4-6-16)17-7-9-18(10-8-17)21(23)19-11-13-20(22)14-12-19/h2-15H,1H3. The number of benzene rings is 3. The fourth-order valence-electron chi connectivity index (χ4n) is 2.63. The first-order valence-electron chi connectivity index (χ1n) is 7.60. The highest BCUT2D eigenvalue weighted by atomic mass is 35.5. The lowest BCUT2D eigenvalue weighted by Crippen LogP contribution is -2.02. The van der Waals surface area contributed by atoms with Gasteiger partial charge < -0.3 is 0 Å². The van der Waals surface area contributed by atoms with E-state index in [-0.39, 0.29) is 5.78 Å². The van der Waals surface area contributed by atoms with Gasteiger partial charge in [-0.15, -0.1) is 0 Å². The maximum Gasteiger partial charge on any atom is 0.193 e. The van der Waals surface area contributed by atoms with Gasteiger partial charge in [0.25, 0.3) is 0 Å². The van der Waals surface area contributed by atoms with Gasteiger partial charge in [0.05, 0.1) is 0 Å². The van der Waals surface area contributed by atoms with Gasteiger partial charge in [-0.1, -0.05) is 73.1 Å². The maximum absolute atomic E-state index is 12.5. The molecule has 3 aromatic carbocycles. The summed E-state index contributed by atoms with van der Waals surface area (Å²) in [6, 6.07) is 25.2. The van der Waals surface area contributed by atoms with E-state index in [9.17, 15) is 4.79 Å². The van der Waals surface area contributed by atoms with Crippen molar-refractivity contribution in [3.63, 3.8) is 0 Å². The van der Waals surface area contributed by atoms with E-state index in [0.29, 0.717) is 22.1 Å². The second-order valence-corrected chi connectivity index (χ2v) is 6.03. The number of carbonyl (C=O) groups is 1. The fraction of sp³-hybridized carbons (Fsp3) is 0.0952. The van der Waals surface area contributed by atoms with Crippen molar-refractivity contribution in [1.82, 2.24) is 0 Å². The summed E-state index contributed by atoms with van der Waals surface area (Å²) in [4.78, 5) is 12.5. The predicted molar refractivity (Wildman–Crippen MR) is 95.3 cm³/mol. The van der Waals surface area contributed by atoms with Crippen LogP contribution in [0.15, 0.2) is 78.9 Å². The van der Waals surface area contributed by atoms with Crippen LogP contribution in [0.25, 0.3) is 0 Å². The molecule has 3 aromatic rings. The van der Waals surface area contributed by atoms with Gasteiger partial charge in [-0.05, 0) is 35.4 Å². The van der Waals surface area contributed by atoms with Crippen LogP contribution in [-0.2, 0) is 0 Å². The highest BCUT2D eigenvalue weighted by molar-refractivity contribution is 6.30. The van der Waals surface area contributed by atoms with E-state index in [1.807, 2.05) is 42.5 Å². The van der Waals surface area contributed by atoms with Crippen molar-refractivity contribution in [3.05, 3.63) is 106 Å². The third-order valence-corrected chi connectivity index (χ3v) is 4.33. The molecule has 0 amide bonds. The highest BCUT2D eigenvalue weighted by Gasteiger charge is 2.11. The van der Waals surface area contributed by atoms with Crippen molar-refractivity contribution < 1.29 is 4.79 Å². The van der Waals surface area contributed by atoms with Crippen LogP contribution in [-0.4, -0.2) is 5.78 Å². The quantitative estimate of drug-likeness (QED) is 0.562. The number of hydrogen-bond donors (Lipinski definition) is 0. The molecule has 23 heavy (non-hydrogen) atoms. The number of halogens is 1. The van der Waals surface area contributed by atoms with Crippen LogP contribution in [0.5, 0.6) is 0 Å². The first-order valence-corrected chi connectivity index (χ1v) is 7.98. The van der Waals surface area contributed by atoms with E-state index in [1.165, 1.54) is 11.1 Å². The molecule has 1 atom stereocenters. The number of rotatable bonds is 4. The smallest absolute Gasteiger partial charge is 0.193 e. The summed E-state index contributed by atoms with van der Waals surface area (Å²) in [5.41, 5.74) is 3.81. The Balaban J connectivity index is 1.82. The minimum absolute atomic E-state index is 0.0144. The molecule has 0 saturated heterocycles. The minimum Gasteiger partial charge on any atom is -0.289 e. The molecule has 0 fully saturated rings. The Bertz CT molecular complexity index is 790. The summed E-state index contributed by atoms with van der Waals surface area (Å²) >= 11 is 5.86. The fourth-order valence-corrected chi connectivity index (χ4v) is 2.75. The Morgan fingerprint density at radius 1 is 0.739 bits per heavy atom. The number of hydrogen-bond acceptors (Lipinski definition) is 1. The van der Waals surface area contributed by atoms with Crippen LogP contribution >= 0.6 is 11.6 Å². The van der Waals surface area contributed by atoms with E-state index in [2.05, 4.69) is 19.1 Å². The normalized spacial score (nSPS) is 11.9. The zero-order valence-corrected chi connectivity index (χ0v) is 13.6. The Morgan fingerprint density at radius 2 is 1.22 bits per heavy atom. The average Bonchev–Trinajstić information content (AvgIpc) is 2.62. The molecule has 0 heterocycles. The Hall–Kier alpha value is -2.38. The summed E-state index contributed by atoms with van der Waals surface area (Å²) < 4.78 is 0. The zero-order valence-electron chi connectivity index (χ0n) is 12.9. The summed E-state index contributed by atoms with van der Waals surface area (Å²) in [6.07, 6.45) is 0. The van der Waals surface area contributed by atoms with Crippen molar-refractivity contribution in [2.45, 2.75) is 12.8 Å². The lowest BCUT2D eigenvalue weighted by molar-refractivity contribution is 0.103. The summed E-state index contributed by atoms with van der Waals surface area (Å²) in [6.45, 7) is 2.17. The van der Waals surface area contributed by atoms with Crippen LogP contribution < -0.4 is 0 Å². The lowest BCUT2D eigenvalue weighted by Gasteiger charge is -2.13. The van der Waals surface area contributed by atoms with Crippen molar-refractivity contribution in [1.29, 1.82) is 0 Å². The molecule has 0 bridgehead atoms. The Kier molecular flexibility index (Phi) is 4.59. The summed E-state index contributed by atoms with van der Waals surface area (Å²) in [7, 11) is 0. The molecule has 0 radical (unpaired) electrons. The molecule has 0 aliphatic rings. The first-order chi connectivity index (χ1) is 11.1. The van der Waals surface area contributed by atoms with Crippen LogP contribution in [0.2, 0.25) is 5.02 Å². The van der Waals surface area contributed by atoms with Crippen LogP contribution in [0.1, 0.15) is 39.9 Å². The lowest BCUT2D eigenvalue weighted by atomic mass is 9.92. The van der Waals surface area contributed by atoms with Crippen molar-refractivity contribution in [2.75, 3.05) is 0 Å². The van der Waals surface area contributed by atoms with Crippen molar-refractivity contribution in [2.24, 2.45) is 0 Å². The molecule has 0 saturated carbocycles. The number of carbonyl (C=O) groups excluding carboxylic acids is 1. The second kappa shape index (κ2) is 6.80. The van der Waals surface area contributed by atoms with Gasteiger partial charge in [0.2, 0.25) is 0 Å². The Labute approximate surface area is 141 Å². The molecule has 0 aromatic heterocycles. The van der Waals surface area contributed by atoms with Crippen molar-refractivity contribution >= 4 is 17.4 Å². The molecular formula is C21H17ClO. The Morgan fingerprint density at radius 3 is 1.78 bits per heavy atom. The number of ketones is 1. The predicted octanol–water partition coefficient (Wildman–Crippen LogP) is 5.72. The average molecular weight is 321 g/mol. The van der Waals surface area contributed by atoms with Gasteiger partial charge in [0.1, 0.15) is 0 Å². The van der Waals surface area contributed by atoms with Gasteiger partial charge in [-0.3, -0.25) is 4.79 Å². The third kappa shape index (κ3) is 3.52. The molecule has 1 nitrogen and oxygen atoms in total. The second-order valence-electron chi connectivity index (χ2n) is 5.59. The topological polar surface area (TPSA) is 17.1 Å². The summed E-state index contributed by atoms with van der Waals surface area (Å²) in [5, 5.41) is 0.633.